The number of aliphatic carboxylic acids is 1. The number of hydrogen-bond donors (Lipinski definition) is 4. The molecule has 4 atom stereocenters. The Morgan fingerprint density at radius 1 is 1.43 bits per heavy atom. The predicted octanol–water partition coefficient (Wildman–Crippen LogP) is -2.26. The standard InChI is InChI=1S/C10H13NO10S2/c1-3(21-23(18,19)20)6-4-2-5(22(17)10(15)16)7(9(13)14)11(4)8(6)12/h3-4,6,10,15-16H,2H2,1H3,(H,13,14)(H,18,19,20)/t3-,4+,6-,22+/m0/s1. The number of carboxylic acid groups (broad SMARTS) is 1. The minimum Gasteiger partial charge on any atom is -0.477 e. The summed E-state index contributed by atoms with van der Waals surface area (Å²) in [6.07, 6.45) is -1.53. The van der Waals surface area contributed by atoms with E-state index in [0.717, 1.165) is 4.90 Å². The van der Waals surface area contributed by atoms with Crippen LogP contribution >= 0.6 is 0 Å². The molecule has 2 rings (SSSR count). The first-order valence-corrected chi connectivity index (χ1v) is 8.75. The number of hydrogen-bond acceptors (Lipinski definition) is 8. The van der Waals surface area contributed by atoms with E-state index in [0.29, 0.717) is 0 Å². The van der Waals surface area contributed by atoms with Crippen LogP contribution in [0.25, 0.3) is 0 Å². The summed E-state index contributed by atoms with van der Waals surface area (Å²) >= 11 is 0. The topological polar surface area (TPSA) is 179 Å². The lowest BCUT2D eigenvalue weighted by atomic mass is 9.83. The van der Waals surface area contributed by atoms with Crippen LogP contribution in [0.15, 0.2) is 10.6 Å². The maximum absolute atomic E-state index is 12.1. The van der Waals surface area contributed by atoms with Gasteiger partial charge < -0.3 is 20.2 Å². The van der Waals surface area contributed by atoms with Gasteiger partial charge in [-0.3, -0.25) is 9.35 Å². The third kappa shape index (κ3) is 3.15. The van der Waals surface area contributed by atoms with Gasteiger partial charge in [-0.05, 0) is 6.92 Å². The summed E-state index contributed by atoms with van der Waals surface area (Å²) in [7, 11) is -7.26. The highest BCUT2D eigenvalue weighted by Crippen LogP contribution is 2.45. The van der Waals surface area contributed by atoms with Gasteiger partial charge in [0.05, 0.1) is 23.0 Å². The van der Waals surface area contributed by atoms with Gasteiger partial charge >= 0.3 is 16.4 Å². The molecule has 1 saturated heterocycles. The zero-order chi connectivity index (χ0) is 17.7. The Kier molecular flexibility index (Phi) is 4.62. The van der Waals surface area contributed by atoms with E-state index in [1.807, 2.05) is 0 Å². The SMILES string of the molecule is C[C@H](OS(=O)(=O)O)[C@@H]1C(=O)N2C(C(=O)O)=C([S@@](=O)C(O)O)C[C@H]12. The van der Waals surface area contributed by atoms with Crippen molar-refractivity contribution in [2.45, 2.75) is 31.1 Å². The van der Waals surface area contributed by atoms with Crippen LogP contribution in [0.2, 0.25) is 0 Å². The lowest BCUT2D eigenvalue weighted by Crippen LogP contribution is -2.62. The van der Waals surface area contributed by atoms with Crippen molar-refractivity contribution in [3.05, 3.63) is 10.6 Å². The molecule has 4 N–H and O–H groups in total. The Morgan fingerprint density at radius 2 is 2.00 bits per heavy atom. The number of amides is 1. The second kappa shape index (κ2) is 5.92. The zero-order valence-electron chi connectivity index (χ0n) is 11.5. The summed E-state index contributed by atoms with van der Waals surface area (Å²) in [5.41, 5.74) is -2.94. The maximum atomic E-state index is 12.1. The summed E-state index contributed by atoms with van der Waals surface area (Å²) in [5, 5.41) is 27.1. The predicted molar refractivity (Wildman–Crippen MR) is 71.9 cm³/mol. The molecule has 0 aromatic rings. The molecule has 0 spiro atoms. The van der Waals surface area contributed by atoms with Crippen LogP contribution in [-0.4, -0.2) is 67.0 Å². The van der Waals surface area contributed by atoms with Gasteiger partial charge in [0, 0.05) is 6.42 Å². The Morgan fingerprint density at radius 3 is 2.43 bits per heavy atom. The first kappa shape index (κ1) is 18.0. The van der Waals surface area contributed by atoms with Gasteiger partial charge in [-0.25, -0.2) is 13.2 Å². The zero-order valence-corrected chi connectivity index (χ0v) is 13.2. The van der Waals surface area contributed by atoms with E-state index >= 15 is 0 Å². The smallest absolute Gasteiger partial charge is 0.397 e. The number of fused-ring (bicyclic) bond motifs is 1. The van der Waals surface area contributed by atoms with Gasteiger partial charge in [0.2, 0.25) is 11.5 Å². The number of aliphatic hydroxyl groups excluding tert-OH is 1. The largest absolute Gasteiger partial charge is 0.477 e. The van der Waals surface area contributed by atoms with Gasteiger partial charge in [-0.2, -0.15) is 8.42 Å². The first-order valence-electron chi connectivity index (χ1n) is 6.17. The quantitative estimate of drug-likeness (QED) is 0.226. The number of aliphatic hydroxyl groups is 2. The van der Waals surface area contributed by atoms with Crippen molar-refractivity contribution in [3.63, 3.8) is 0 Å². The summed E-state index contributed by atoms with van der Waals surface area (Å²) < 4.78 is 46.1. The molecule has 13 heteroatoms. The van der Waals surface area contributed by atoms with Crippen molar-refractivity contribution in [1.82, 2.24) is 4.90 Å². The number of nitrogens with zero attached hydrogens (tertiary/aromatic N) is 1. The molecule has 0 aromatic carbocycles. The molecule has 2 heterocycles. The molecule has 2 aliphatic heterocycles. The highest BCUT2D eigenvalue weighted by atomic mass is 32.3. The van der Waals surface area contributed by atoms with E-state index in [4.69, 9.17) is 19.9 Å². The monoisotopic (exact) mass is 371 g/mol. The van der Waals surface area contributed by atoms with Crippen LogP contribution in [0.1, 0.15) is 13.3 Å². The molecular formula is C10H13NO10S2. The minimum atomic E-state index is -4.81. The number of carbonyl (C=O) groups is 2. The Hall–Kier alpha value is -1.38. The highest BCUT2D eigenvalue weighted by Gasteiger charge is 2.58. The molecule has 0 radical (unpaired) electrons. The fraction of sp³-hybridized carbons (Fsp3) is 0.600. The van der Waals surface area contributed by atoms with E-state index in [1.54, 1.807) is 0 Å². The number of rotatable bonds is 6. The highest BCUT2D eigenvalue weighted by molar-refractivity contribution is 7.89. The fourth-order valence-corrected chi connectivity index (χ4v) is 4.24. The molecule has 1 fully saturated rings. The van der Waals surface area contributed by atoms with Crippen LogP contribution in [-0.2, 0) is 35.0 Å². The molecule has 0 aliphatic carbocycles. The fourth-order valence-electron chi connectivity index (χ4n) is 2.77. The molecule has 1 amide bonds. The number of carbonyl (C=O) groups excluding carboxylic acids is 1. The molecule has 11 nitrogen and oxygen atoms in total. The van der Waals surface area contributed by atoms with Gasteiger partial charge in [-0.15, -0.1) is 0 Å². The summed E-state index contributed by atoms with van der Waals surface area (Å²) in [6.45, 7) is 1.20. The Balaban J connectivity index is 2.29. The van der Waals surface area contributed by atoms with Crippen molar-refractivity contribution in [1.29, 1.82) is 0 Å². The Bertz CT molecular complexity index is 711. The van der Waals surface area contributed by atoms with E-state index in [-0.39, 0.29) is 11.3 Å². The van der Waals surface area contributed by atoms with Crippen LogP contribution in [0.4, 0.5) is 0 Å². The van der Waals surface area contributed by atoms with E-state index in [9.17, 15) is 22.2 Å². The molecule has 0 saturated carbocycles. The Labute approximate surface area is 132 Å². The molecule has 23 heavy (non-hydrogen) atoms. The van der Waals surface area contributed by atoms with Crippen LogP contribution in [0.3, 0.4) is 0 Å². The van der Waals surface area contributed by atoms with E-state index < -0.39 is 62.5 Å². The lowest BCUT2D eigenvalue weighted by molar-refractivity contribution is -0.160. The molecule has 0 bridgehead atoms. The number of carboxylic acids is 1. The van der Waals surface area contributed by atoms with Crippen molar-refractivity contribution in [2.75, 3.05) is 0 Å². The third-order valence-corrected chi connectivity index (χ3v) is 5.36. The summed E-state index contributed by atoms with van der Waals surface area (Å²) in [6, 6.07) is -0.858. The lowest BCUT2D eigenvalue weighted by Gasteiger charge is -2.45. The maximum Gasteiger partial charge on any atom is 0.397 e. The van der Waals surface area contributed by atoms with E-state index in [1.165, 1.54) is 6.92 Å². The number of β-lactam (4-membered cyclic amide) rings is 1. The van der Waals surface area contributed by atoms with Crippen LogP contribution in [0, 0.1) is 5.92 Å². The second-order valence-corrected chi connectivity index (χ2v) is 7.49. The molecular weight excluding hydrogens is 358 g/mol. The summed E-state index contributed by atoms with van der Waals surface area (Å²) in [4.78, 5) is 23.8. The van der Waals surface area contributed by atoms with Gasteiger partial charge in [0.15, 0.2) is 0 Å². The van der Waals surface area contributed by atoms with Crippen molar-refractivity contribution >= 4 is 33.1 Å². The molecule has 0 unspecified atom stereocenters. The van der Waals surface area contributed by atoms with Crippen LogP contribution in [0.5, 0.6) is 0 Å². The second-order valence-electron chi connectivity index (χ2n) is 4.94. The average Bonchev–Trinajstić information content (AvgIpc) is 2.70. The van der Waals surface area contributed by atoms with Gasteiger partial charge in [0.25, 0.3) is 0 Å². The van der Waals surface area contributed by atoms with Crippen molar-refractivity contribution in [3.8, 4) is 0 Å². The average molecular weight is 371 g/mol. The van der Waals surface area contributed by atoms with Gasteiger partial charge in [-0.1, -0.05) is 0 Å². The molecule has 130 valence electrons. The molecule has 2 aliphatic rings. The van der Waals surface area contributed by atoms with Crippen molar-refractivity contribution < 1.29 is 46.3 Å². The summed E-state index contributed by atoms with van der Waals surface area (Å²) in [5.74, 6) is -3.45. The van der Waals surface area contributed by atoms with E-state index in [2.05, 4.69) is 4.18 Å². The normalized spacial score (nSPS) is 27.0. The third-order valence-electron chi connectivity index (χ3n) is 3.58. The molecule has 0 aromatic heterocycles. The van der Waals surface area contributed by atoms with Gasteiger partial charge in [0.1, 0.15) is 16.5 Å². The van der Waals surface area contributed by atoms with Crippen LogP contribution < -0.4 is 0 Å². The first-order chi connectivity index (χ1) is 10.5. The minimum absolute atomic E-state index is 0.249. The van der Waals surface area contributed by atoms with Crippen molar-refractivity contribution in [2.24, 2.45) is 5.92 Å².